The molecule has 1 saturated heterocycles. The summed E-state index contributed by atoms with van der Waals surface area (Å²) in [6.45, 7) is 1.98. The number of nitro benzene ring substituents is 1. The van der Waals surface area contributed by atoms with E-state index < -0.39 is 4.92 Å². The van der Waals surface area contributed by atoms with Crippen LogP contribution in [0.15, 0.2) is 53.4 Å². The van der Waals surface area contributed by atoms with Gasteiger partial charge in [0.05, 0.1) is 15.5 Å². The maximum atomic E-state index is 12.5. The molecule has 8 heteroatoms. The number of carbonyl (C=O) groups excluding carboxylic acids is 1. The number of rotatable bonds is 4. The predicted molar refractivity (Wildman–Crippen MR) is 103 cm³/mol. The number of thioether (sulfide) groups is 1. The molecule has 0 aliphatic carbocycles. The Bertz CT molecular complexity index is 877. The number of nitrogens with zero attached hydrogens (tertiary/aromatic N) is 2. The molecule has 6 nitrogen and oxygen atoms in total. The first-order valence-corrected chi connectivity index (χ1v) is 8.52. The Morgan fingerprint density at radius 2 is 1.80 bits per heavy atom. The van der Waals surface area contributed by atoms with Crippen molar-refractivity contribution in [1.29, 1.82) is 0 Å². The molecule has 1 aliphatic rings. The van der Waals surface area contributed by atoms with Crippen molar-refractivity contribution in [3.05, 3.63) is 74.7 Å². The molecule has 0 spiro atoms. The summed E-state index contributed by atoms with van der Waals surface area (Å²) in [6.07, 6.45) is 1.67. The summed E-state index contributed by atoms with van der Waals surface area (Å²) < 4.78 is 0.402. The topological polar surface area (TPSA) is 75.5 Å². The number of nitro groups is 1. The van der Waals surface area contributed by atoms with Gasteiger partial charge < -0.3 is 0 Å². The normalized spacial score (nSPS) is 15.7. The summed E-state index contributed by atoms with van der Waals surface area (Å²) in [4.78, 5) is 23.2. The number of benzene rings is 2. The molecule has 0 bridgehead atoms. The van der Waals surface area contributed by atoms with Crippen molar-refractivity contribution < 1.29 is 9.72 Å². The molecule has 0 saturated carbocycles. The second kappa shape index (κ2) is 7.04. The predicted octanol–water partition coefficient (Wildman–Crippen LogP) is 4.13. The van der Waals surface area contributed by atoms with Crippen LogP contribution >= 0.6 is 24.0 Å². The SMILES string of the molecule is Cc1ccc(NN2C(=O)/C(=C\c3ccc([N+](=O)[O-])cc3)SC2=S)cc1. The van der Waals surface area contributed by atoms with Gasteiger partial charge in [0, 0.05) is 12.1 Å². The van der Waals surface area contributed by atoms with Gasteiger partial charge >= 0.3 is 0 Å². The first-order valence-electron chi connectivity index (χ1n) is 7.30. The van der Waals surface area contributed by atoms with E-state index in [1.54, 1.807) is 18.2 Å². The number of hydrazine groups is 1. The standard InChI is InChI=1S/C17H13N3O3S2/c1-11-2-6-13(7-3-11)18-19-16(21)15(25-17(19)24)10-12-4-8-14(9-5-12)20(22)23/h2-10,18H,1H3/b15-10+. The van der Waals surface area contributed by atoms with Crippen LogP contribution in [0.1, 0.15) is 11.1 Å². The van der Waals surface area contributed by atoms with Crippen LogP contribution < -0.4 is 5.43 Å². The third-order valence-electron chi connectivity index (χ3n) is 3.49. The van der Waals surface area contributed by atoms with Crippen molar-refractivity contribution in [3.8, 4) is 0 Å². The van der Waals surface area contributed by atoms with Gasteiger partial charge in [-0.1, -0.05) is 29.5 Å². The Morgan fingerprint density at radius 1 is 1.16 bits per heavy atom. The molecule has 25 heavy (non-hydrogen) atoms. The van der Waals surface area contributed by atoms with Crippen molar-refractivity contribution >= 4 is 51.7 Å². The summed E-state index contributed by atoms with van der Waals surface area (Å²) >= 11 is 6.45. The van der Waals surface area contributed by atoms with Crippen LogP contribution in [-0.2, 0) is 4.79 Å². The largest absolute Gasteiger partial charge is 0.290 e. The van der Waals surface area contributed by atoms with Crippen LogP contribution in [0.2, 0.25) is 0 Å². The molecule has 2 aromatic rings. The lowest BCUT2D eigenvalue weighted by Gasteiger charge is -2.17. The van der Waals surface area contributed by atoms with Crippen LogP contribution in [0.3, 0.4) is 0 Å². The monoisotopic (exact) mass is 371 g/mol. The molecular formula is C17H13N3O3S2. The molecule has 0 radical (unpaired) electrons. The lowest BCUT2D eigenvalue weighted by Crippen LogP contribution is -2.33. The second-order valence-corrected chi connectivity index (χ2v) is 7.02. The maximum absolute atomic E-state index is 12.5. The minimum Gasteiger partial charge on any atom is -0.290 e. The van der Waals surface area contributed by atoms with E-state index in [1.807, 2.05) is 31.2 Å². The second-order valence-electron chi connectivity index (χ2n) is 5.34. The van der Waals surface area contributed by atoms with Crippen molar-refractivity contribution in [2.24, 2.45) is 0 Å². The first-order chi connectivity index (χ1) is 11.9. The molecule has 2 aromatic carbocycles. The number of hydrogen-bond acceptors (Lipinski definition) is 6. The fraction of sp³-hybridized carbons (Fsp3) is 0.0588. The van der Waals surface area contributed by atoms with E-state index in [4.69, 9.17) is 12.2 Å². The lowest BCUT2D eigenvalue weighted by molar-refractivity contribution is -0.384. The smallest absolute Gasteiger partial charge is 0.285 e. The van der Waals surface area contributed by atoms with Gasteiger partial charge in [-0.05, 0) is 55.0 Å². The highest BCUT2D eigenvalue weighted by molar-refractivity contribution is 8.26. The van der Waals surface area contributed by atoms with E-state index >= 15 is 0 Å². The molecule has 0 atom stereocenters. The Balaban J connectivity index is 1.78. The summed E-state index contributed by atoms with van der Waals surface area (Å²) in [6, 6.07) is 13.6. The number of hydrogen-bond donors (Lipinski definition) is 1. The summed E-state index contributed by atoms with van der Waals surface area (Å²) in [5.74, 6) is -0.256. The van der Waals surface area contributed by atoms with Gasteiger partial charge in [-0.2, -0.15) is 0 Å². The van der Waals surface area contributed by atoms with Gasteiger partial charge in [-0.25, -0.2) is 5.01 Å². The van der Waals surface area contributed by atoms with Gasteiger partial charge in [0.1, 0.15) is 0 Å². The number of anilines is 1. The van der Waals surface area contributed by atoms with Gasteiger partial charge in [-0.15, -0.1) is 0 Å². The zero-order valence-electron chi connectivity index (χ0n) is 13.1. The minimum atomic E-state index is -0.464. The third kappa shape index (κ3) is 3.86. The summed E-state index contributed by atoms with van der Waals surface area (Å²) in [7, 11) is 0. The van der Waals surface area contributed by atoms with E-state index in [0.29, 0.717) is 14.8 Å². The zero-order valence-corrected chi connectivity index (χ0v) is 14.8. The molecule has 1 aliphatic heterocycles. The van der Waals surface area contributed by atoms with E-state index in [0.717, 1.165) is 11.3 Å². The highest BCUT2D eigenvalue weighted by atomic mass is 32.2. The van der Waals surface area contributed by atoms with E-state index in [9.17, 15) is 14.9 Å². The van der Waals surface area contributed by atoms with E-state index in [-0.39, 0.29) is 11.6 Å². The molecule has 0 unspecified atom stereocenters. The Hall–Kier alpha value is -2.71. The molecule has 126 valence electrons. The number of aryl methyl sites for hydroxylation is 1. The average Bonchev–Trinajstić information content (AvgIpc) is 2.85. The molecule has 0 aromatic heterocycles. The molecule has 1 heterocycles. The highest BCUT2D eigenvalue weighted by Crippen LogP contribution is 2.33. The molecule has 1 N–H and O–H groups in total. The molecule has 1 amide bonds. The van der Waals surface area contributed by atoms with Crippen LogP contribution in [-0.4, -0.2) is 20.2 Å². The van der Waals surface area contributed by atoms with Gasteiger partial charge in [0.2, 0.25) is 0 Å². The summed E-state index contributed by atoms with van der Waals surface area (Å²) in [5.41, 5.74) is 5.58. The zero-order chi connectivity index (χ0) is 18.0. The number of thiocarbonyl (C=S) groups is 1. The fourth-order valence-corrected chi connectivity index (χ4v) is 3.34. The number of non-ortho nitro benzene ring substituents is 1. The minimum absolute atomic E-state index is 0.00531. The number of amides is 1. The van der Waals surface area contributed by atoms with Gasteiger partial charge in [-0.3, -0.25) is 20.3 Å². The van der Waals surface area contributed by atoms with Crippen LogP contribution in [0.25, 0.3) is 6.08 Å². The van der Waals surface area contributed by atoms with E-state index in [2.05, 4.69) is 5.43 Å². The van der Waals surface area contributed by atoms with Crippen molar-refractivity contribution in [2.45, 2.75) is 6.92 Å². The lowest BCUT2D eigenvalue weighted by atomic mass is 10.2. The molecule has 1 fully saturated rings. The third-order valence-corrected chi connectivity index (χ3v) is 4.79. The van der Waals surface area contributed by atoms with Gasteiger partial charge in [0.15, 0.2) is 4.32 Å². The number of carbonyl (C=O) groups is 1. The van der Waals surface area contributed by atoms with Crippen LogP contribution in [0, 0.1) is 17.0 Å². The van der Waals surface area contributed by atoms with Crippen LogP contribution in [0.5, 0.6) is 0 Å². The van der Waals surface area contributed by atoms with Crippen molar-refractivity contribution in [3.63, 3.8) is 0 Å². The fourth-order valence-electron chi connectivity index (χ4n) is 2.16. The first kappa shape index (κ1) is 17.1. The molecular weight excluding hydrogens is 358 g/mol. The van der Waals surface area contributed by atoms with E-state index in [1.165, 1.54) is 28.9 Å². The van der Waals surface area contributed by atoms with Gasteiger partial charge in [0.25, 0.3) is 11.6 Å². The summed E-state index contributed by atoms with van der Waals surface area (Å²) in [5, 5.41) is 12.0. The molecule has 3 rings (SSSR count). The highest BCUT2D eigenvalue weighted by Gasteiger charge is 2.32. The Morgan fingerprint density at radius 3 is 2.40 bits per heavy atom. The maximum Gasteiger partial charge on any atom is 0.285 e. The van der Waals surface area contributed by atoms with Crippen LogP contribution in [0.4, 0.5) is 11.4 Å². The Kier molecular flexibility index (Phi) is 4.82. The quantitative estimate of drug-likeness (QED) is 0.377. The van der Waals surface area contributed by atoms with Crippen molar-refractivity contribution in [1.82, 2.24) is 5.01 Å². The Labute approximate surface area is 153 Å². The van der Waals surface area contributed by atoms with Crippen molar-refractivity contribution in [2.75, 3.05) is 5.43 Å². The number of nitrogens with one attached hydrogen (secondary N) is 1. The average molecular weight is 371 g/mol.